The summed E-state index contributed by atoms with van der Waals surface area (Å²) in [6.07, 6.45) is 3.72. The van der Waals surface area contributed by atoms with Gasteiger partial charge in [0, 0.05) is 19.4 Å². The van der Waals surface area contributed by atoms with Crippen molar-refractivity contribution in [1.82, 2.24) is 19.5 Å². The van der Waals surface area contributed by atoms with Crippen LogP contribution in [0.25, 0.3) is 11.2 Å². The Bertz CT molecular complexity index is 2590. The van der Waals surface area contributed by atoms with Crippen molar-refractivity contribution in [3.8, 4) is 5.75 Å². The van der Waals surface area contributed by atoms with Crippen LogP contribution in [0.1, 0.15) is 79.9 Å². The van der Waals surface area contributed by atoms with Gasteiger partial charge in [-0.1, -0.05) is 120 Å². The third-order valence-electron chi connectivity index (χ3n) is 13.5. The Morgan fingerprint density at radius 3 is 2.17 bits per heavy atom. The number of amides is 1. The highest BCUT2D eigenvalue weighted by Gasteiger charge is 2.65. The molecule has 0 saturated carbocycles. The van der Waals surface area contributed by atoms with Gasteiger partial charge in [0.15, 0.2) is 38.2 Å². The molecule has 2 fully saturated rings. The number of aromatic amines is 1. The molecule has 3 aliphatic rings. The Morgan fingerprint density at radius 1 is 0.942 bits per heavy atom. The van der Waals surface area contributed by atoms with Gasteiger partial charge in [0.1, 0.15) is 18.0 Å². The quantitative estimate of drug-likeness (QED) is 0.0659. The summed E-state index contributed by atoms with van der Waals surface area (Å²) in [7, 11) is -9.76. The lowest BCUT2D eigenvalue weighted by Crippen LogP contribution is -3.15. The fraction of sp³-hybridized carbons (Fsp3) is 0.490. The topological polar surface area (TPSA) is 216 Å². The number of carbonyl (C=O) groups excluding carboxylic acids is 1. The lowest BCUT2D eigenvalue weighted by atomic mass is 10.1. The number of para-hydroxylation sites is 1. The lowest BCUT2D eigenvalue weighted by Gasteiger charge is -2.44. The number of nitrogens with zero attached hydrogens (tertiary/aromatic N) is 4. The number of rotatable bonds is 14. The van der Waals surface area contributed by atoms with E-state index in [1.165, 1.54) is 61.9 Å². The molecule has 0 radical (unpaired) electrons. The molecule has 0 aliphatic carbocycles. The summed E-state index contributed by atoms with van der Waals surface area (Å²) in [5.41, 5.74) is -1.04. The highest BCUT2D eigenvalue weighted by atomic mass is 31.1. The van der Waals surface area contributed by atoms with Crippen LogP contribution in [0.3, 0.4) is 0 Å². The van der Waals surface area contributed by atoms with Gasteiger partial charge in [-0.2, -0.15) is 4.98 Å². The molecule has 8 rings (SSSR count). The van der Waals surface area contributed by atoms with E-state index >= 15 is 0 Å². The maximum Gasteiger partial charge on any atom is 0.491 e. The molecule has 6 atom stereocenters. The number of nitrogens with one attached hydrogen (secondary N) is 3. The van der Waals surface area contributed by atoms with E-state index in [1.54, 1.807) is 29.2 Å². The zero-order valence-corrected chi connectivity index (χ0v) is 43.8. The van der Waals surface area contributed by atoms with Gasteiger partial charge >= 0.3 is 8.25 Å². The van der Waals surface area contributed by atoms with Crippen molar-refractivity contribution in [3.63, 3.8) is 0 Å². The van der Waals surface area contributed by atoms with Crippen LogP contribution in [-0.2, 0) is 27.5 Å². The van der Waals surface area contributed by atoms with Crippen molar-refractivity contribution in [2.75, 3.05) is 38.2 Å². The first-order chi connectivity index (χ1) is 32.7. The third-order valence-corrected chi connectivity index (χ3v) is 23.4. The lowest BCUT2D eigenvalue weighted by molar-refractivity contribution is -0.809. The number of anilines is 1. The number of benzene rings is 3. The summed E-state index contributed by atoms with van der Waals surface area (Å²) < 4.78 is 45.5. The average molecular weight is 1000 g/mol. The molecule has 20 heteroatoms. The number of amidine groups is 1. The van der Waals surface area contributed by atoms with Crippen LogP contribution in [0.4, 0.5) is 5.95 Å². The van der Waals surface area contributed by atoms with Gasteiger partial charge in [-0.15, -0.1) is 4.52 Å². The fourth-order valence-electron chi connectivity index (χ4n) is 9.06. The molecule has 4 N–H and O–H groups in total. The van der Waals surface area contributed by atoms with E-state index in [-0.39, 0.29) is 30.3 Å². The van der Waals surface area contributed by atoms with Gasteiger partial charge in [-0.25, -0.2) is 9.98 Å². The number of ether oxygens (including phenoxy) is 2. The standard InChI is InChI=1S/C40H50N5O10PSi2.C9H16N2/c1-38(2,3)57(7,8)54-33-30(24-52-58(39(4,5)6,28-20-14-10-15-21-28)29-22-16-11-17-23-29)53-36(40(33,48)55-56(49)50)45-26-41-32-34(45)43-37(44-35(32)47)42-31(46)25-51-27-18-12-9-13-19-27;1-2-5-9-10-6-4-8-11(9)7-3-1/h9-23,26,30,33,36,48H,24-25H2,1-8H3,(H2,42,43,44,46,47);1-8H2/p+1/t30-,33-,36-,40+;/m1./s1. The normalized spacial score (nSPS) is 22.4. The molecular formula is C49H67N7O10PSi2+. The highest BCUT2D eigenvalue weighted by Crippen LogP contribution is 2.49. The molecule has 2 aromatic heterocycles. The Morgan fingerprint density at radius 2 is 1.57 bits per heavy atom. The second-order valence-electron chi connectivity index (χ2n) is 20.4. The average Bonchev–Trinajstić information content (AvgIpc) is 3.72. The number of aliphatic imine (C=N–C) groups is 1. The maximum absolute atomic E-state index is 13.3. The molecule has 69 heavy (non-hydrogen) atoms. The summed E-state index contributed by atoms with van der Waals surface area (Å²) in [4.78, 5) is 56.2. The number of hydrogen-bond acceptors (Lipinski definition) is 13. The minimum Gasteiger partial charge on any atom is -0.566 e. The van der Waals surface area contributed by atoms with E-state index in [9.17, 15) is 24.2 Å². The second-order valence-corrected chi connectivity index (χ2v) is 30.0. The van der Waals surface area contributed by atoms with E-state index in [1.807, 2.05) is 101 Å². The number of carbonyl (C=O) groups is 1. The molecule has 3 aliphatic heterocycles. The minimum atomic E-state index is -3.71. The molecule has 5 aromatic rings. The largest absolute Gasteiger partial charge is 0.566 e. The number of H-pyrrole nitrogens is 1. The van der Waals surface area contributed by atoms with Crippen LogP contribution in [0, 0.1) is 0 Å². The Balaban J connectivity index is 0.000000556. The molecule has 1 amide bonds. The Hall–Kier alpha value is -4.80. The van der Waals surface area contributed by atoms with Crippen molar-refractivity contribution in [3.05, 3.63) is 108 Å². The predicted octanol–water partition coefficient (Wildman–Crippen LogP) is 4.97. The SMILES string of the molecule is C1CCC2=NCCC[NH+]2CC1.CC(C)(C)[Si](C)(C)O[C@@H]1[C@@H](CO[Si](c2ccccc2)(c2ccccc2)C(C)(C)C)O[C@@H](n2cnc3c(=O)[nH]c(NC(=O)COc4ccccc4)nc32)[C@@]1(O)O[P+](=O)[O-]. The van der Waals surface area contributed by atoms with E-state index in [2.05, 4.69) is 46.0 Å². The van der Waals surface area contributed by atoms with Crippen molar-refractivity contribution < 1.29 is 47.1 Å². The van der Waals surface area contributed by atoms with Gasteiger partial charge in [0.2, 0.25) is 5.95 Å². The van der Waals surface area contributed by atoms with Gasteiger partial charge in [0.05, 0.1) is 26.0 Å². The summed E-state index contributed by atoms with van der Waals surface area (Å²) in [6, 6.07) is 28.6. The first kappa shape index (κ1) is 52.0. The smallest absolute Gasteiger partial charge is 0.491 e. The number of hydrogen-bond donors (Lipinski definition) is 4. The van der Waals surface area contributed by atoms with Gasteiger partial charge < -0.3 is 28.3 Å². The van der Waals surface area contributed by atoms with Gasteiger partial charge in [0.25, 0.3) is 25.6 Å². The zero-order valence-electron chi connectivity index (χ0n) is 40.9. The number of aromatic nitrogens is 4. The Kier molecular flexibility index (Phi) is 16.4. The van der Waals surface area contributed by atoms with Crippen LogP contribution in [0.5, 0.6) is 5.75 Å². The third kappa shape index (κ3) is 11.7. The first-order valence-electron chi connectivity index (χ1n) is 23.7. The van der Waals surface area contributed by atoms with Crippen LogP contribution in [0.15, 0.2) is 107 Å². The summed E-state index contributed by atoms with van der Waals surface area (Å²) in [5.74, 6) is -1.64. The molecule has 2 unspecified atom stereocenters. The van der Waals surface area contributed by atoms with Gasteiger partial charge in [-0.3, -0.25) is 29.4 Å². The molecule has 3 aromatic carbocycles. The van der Waals surface area contributed by atoms with Crippen LogP contribution in [0.2, 0.25) is 23.2 Å². The van der Waals surface area contributed by atoms with E-state index < -0.39 is 70.7 Å². The number of aliphatic hydroxyl groups is 1. The van der Waals surface area contributed by atoms with Crippen molar-refractivity contribution in [1.29, 1.82) is 0 Å². The van der Waals surface area contributed by atoms with Crippen LogP contribution < -0.4 is 35.8 Å². The Labute approximate surface area is 406 Å². The molecule has 17 nitrogen and oxygen atoms in total. The number of imidazole rings is 1. The van der Waals surface area contributed by atoms with Crippen molar-refractivity contribution >= 4 is 64.1 Å². The first-order valence-corrected chi connectivity index (χ1v) is 29.6. The molecule has 2 saturated heterocycles. The minimum absolute atomic E-state index is 0.143. The molecule has 370 valence electrons. The monoisotopic (exact) mass is 1000 g/mol. The van der Waals surface area contributed by atoms with Gasteiger partial charge in [-0.05, 0) is 69.5 Å². The molecular weight excluding hydrogens is 934 g/mol. The summed E-state index contributed by atoms with van der Waals surface area (Å²) in [6.45, 7) is 19.5. The maximum atomic E-state index is 13.3. The van der Waals surface area contributed by atoms with E-state index in [0.717, 1.165) is 16.9 Å². The van der Waals surface area contributed by atoms with Crippen molar-refractivity contribution in [2.24, 2.45) is 4.99 Å². The molecule has 0 spiro atoms. The predicted molar refractivity (Wildman–Crippen MR) is 268 cm³/mol. The van der Waals surface area contributed by atoms with Crippen LogP contribution in [-0.4, -0.2) is 104 Å². The van der Waals surface area contributed by atoms with E-state index in [4.69, 9.17) is 22.8 Å². The highest BCUT2D eigenvalue weighted by molar-refractivity contribution is 7.30. The summed E-state index contributed by atoms with van der Waals surface area (Å²) in [5, 5.41) is 16.3. The number of quaternary nitrogens is 1. The van der Waals surface area contributed by atoms with Crippen molar-refractivity contribution in [2.45, 2.75) is 121 Å². The summed E-state index contributed by atoms with van der Waals surface area (Å²) >= 11 is 0. The fourth-order valence-corrected chi connectivity index (χ4v) is 15.4. The molecule has 5 heterocycles. The van der Waals surface area contributed by atoms with E-state index in [0.29, 0.717) is 5.75 Å². The second kappa shape index (κ2) is 21.7. The molecule has 0 bridgehead atoms. The number of fused-ring (bicyclic) bond motifs is 2. The zero-order chi connectivity index (χ0) is 49.6. The van der Waals surface area contributed by atoms with Crippen LogP contribution >= 0.6 is 8.25 Å².